The molecule has 0 aliphatic heterocycles. The van der Waals surface area contributed by atoms with Crippen molar-refractivity contribution in [3.05, 3.63) is 39.4 Å². The normalized spacial score (nSPS) is 10.3. The zero-order valence-electron chi connectivity index (χ0n) is 10.5. The number of halogens is 2. The van der Waals surface area contributed by atoms with E-state index in [2.05, 4.69) is 59.4 Å². The van der Waals surface area contributed by atoms with Gasteiger partial charge in [-0.1, -0.05) is 28.9 Å². The summed E-state index contributed by atoms with van der Waals surface area (Å²) in [4.78, 5) is 8.66. The number of hydrogen-bond donors (Lipinski definition) is 2. The van der Waals surface area contributed by atoms with Crippen LogP contribution in [0, 0.1) is 0 Å². The molecule has 100 valence electrons. The van der Waals surface area contributed by atoms with E-state index in [9.17, 15) is 0 Å². The van der Waals surface area contributed by atoms with E-state index in [4.69, 9.17) is 0 Å². The molecule has 1 aromatic heterocycles. The quantitative estimate of drug-likeness (QED) is 0.791. The monoisotopic (exact) mass is 384 g/mol. The Balaban J connectivity index is 2.19. The summed E-state index contributed by atoms with van der Waals surface area (Å²) in [5.41, 5.74) is 0.968. The molecule has 0 bridgehead atoms. The van der Waals surface area contributed by atoms with Crippen LogP contribution < -0.4 is 10.6 Å². The van der Waals surface area contributed by atoms with Gasteiger partial charge in [-0.2, -0.15) is 4.98 Å². The van der Waals surface area contributed by atoms with Crippen LogP contribution in [0.25, 0.3) is 0 Å². The molecule has 0 atom stereocenters. The standard InChI is InChI=1S/C13H14Br2N4/c1-2-6-16-13-17-8-11(15)12(19-13)18-10-5-3-4-9(14)7-10/h3-5,7-8H,2,6H2,1H3,(H2,16,17,18,19). The fraction of sp³-hybridized carbons (Fsp3) is 0.231. The molecule has 0 saturated heterocycles. The maximum absolute atomic E-state index is 4.44. The van der Waals surface area contributed by atoms with Crippen LogP contribution in [-0.2, 0) is 0 Å². The molecule has 0 spiro atoms. The van der Waals surface area contributed by atoms with E-state index in [0.717, 1.165) is 33.4 Å². The molecule has 0 amide bonds. The Hall–Kier alpha value is -1.14. The summed E-state index contributed by atoms with van der Waals surface area (Å²) in [6, 6.07) is 7.93. The molecule has 19 heavy (non-hydrogen) atoms. The highest BCUT2D eigenvalue weighted by Crippen LogP contribution is 2.25. The second kappa shape index (κ2) is 6.86. The van der Waals surface area contributed by atoms with E-state index < -0.39 is 0 Å². The lowest BCUT2D eigenvalue weighted by Crippen LogP contribution is -2.06. The number of nitrogens with zero attached hydrogens (tertiary/aromatic N) is 2. The molecule has 6 heteroatoms. The highest BCUT2D eigenvalue weighted by molar-refractivity contribution is 9.10. The number of hydrogen-bond acceptors (Lipinski definition) is 4. The summed E-state index contributed by atoms with van der Waals surface area (Å²) in [5, 5.41) is 6.43. The predicted molar refractivity (Wildman–Crippen MR) is 85.9 cm³/mol. The highest BCUT2D eigenvalue weighted by atomic mass is 79.9. The first-order valence-corrected chi connectivity index (χ1v) is 7.56. The molecule has 1 aromatic carbocycles. The number of rotatable bonds is 5. The molecule has 0 radical (unpaired) electrons. The third-order valence-corrected chi connectivity index (χ3v) is 3.44. The van der Waals surface area contributed by atoms with Crippen molar-refractivity contribution in [1.29, 1.82) is 0 Å². The van der Waals surface area contributed by atoms with Crippen LogP contribution in [0.2, 0.25) is 0 Å². The van der Waals surface area contributed by atoms with Gasteiger partial charge in [0, 0.05) is 22.9 Å². The van der Waals surface area contributed by atoms with Gasteiger partial charge >= 0.3 is 0 Å². The van der Waals surface area contributed by atoms with Gasteiger partial charge in [-0.25, -0.2) is 4.98 Å². The average Bonchev–Trinajstić information content (AvgIpc) is 2.40. The lowest BCUT2D eigenvalue weighted by molar-refractivity contribution is 0.952. The van der Waals surface area contributed by atoms with Crippen LogP contribution >= 0.6 is 31.9 Å². The molecule has 0 fully saturated rings. The summed E-state index contributed by atoms with van der Waals surface area (Å²) in [7, 11) is 0. The van der Waals surface area contributed by atoms with E-state index in [0.29, 0.717) is 5.95 Å². The van der Waals surface area contributed by atoms with E-state index in [1.165, 1.54) is 0 Å². The van der Waals surface area contributed by atoms with Crippen molar-refractivity contribution >= 4 is 49.3 Å². The third-order valence-electron chi connectivity index (χ3n) is 2.36. The van der Waals surface area contributed by atoms with Gasteiger partial charge < -0.3 is 10.6 Å². The van der Waals surface area contributed by atoms with Crippen molar-refractivity contribution in [3.63, 3.8) is 0 Å². The lowest BCUT2D eigenvalue weighted by atomic mass is 10.3. The van der Waals surface area contributed by atoms with Crippen LogP contribution in [0.4, 0.5) is 17.5 Å². The Kier molecular flexibility index (Phi) is 5.15. The summed E-state index contributed by atoms with van der Waals surface area (Å²) < 4.78 is 1.85. The summed E-state index contributed by atoms with van der Waals surface area (Å²) in [6.45, 7) is 2.96. The van der Waals surface area contributed by atoms with Crippen LogP contribution in [0.5, 0.6) is 0 Å². The van der Waals surface area contributed by atoms with Gasteiger partial charge in [0.15, 0.2) is 0 Å². The van der Waals surface area contributed by atoms with E-state index in [1.807, 2.05) is 24.3 Å². The second-order valence-corrected chi connectivity index (χ2v) is 5.72. The van der Waals surface area contributed by atoms with E-state index in [-0.39, 0.29) is 0 Å². The second-order valence-electron chi connectivity index (χ2n) is 3.95. The summed E-state index contributed by atoms with van der Waals surface area (Å²) >= 11 is 6.89. The summed E-state index contributed by atoms with van der Waals surface area (Å²) in [5.74, 6) is 1.37. The average molecular weight is 386 g/mol. The van der Waals surface area contributed by atoms with Crippen molar-refractivity contribution in [3.8, 4) is 0 Å². The first kappa shape index (κ1) is 14.3. The van der Waals surface area contributed by atoms with Crippen LogP contribution in [0.15, 0.2) is 39.4 Å². The number of aromatic nitrogens is 2. The van der Waals surface area contributed by atoms with E-state index in [1.54, 1.807) is 6.20 Å². The number of anilines is 3. The predicted octanol–water partition coefficient (Wildman–Crippen LogP) is 4.57. The molecule has 2 rings (SSSR count). The number of nitrogens with one attached hydrogen (secondary N) is 2. The Morgan fingerprint density at radius 3 is 2.84 bits per heavy atom. The molecule has 2 aromatic rings. The number of benzene rings is 1. The summed E-state index contributed by atoms with van der Waals surface area (Å²) in [6.07, 6.45) is 2.78. The van der Waals surface area contributed by atoms with Crippen molar-refractivity contribution < 1.29 is 0 Å². The minimum absolute atomic E-state index is 0.627. The maximum Gasteiger partial charge on any atom is 0.224 e. The van der Waals surface area contributed by atoms with Crippen molar-refractivity contribution in [1.82, 2.24) is 9.97 Å². The first-order chi connectivity index (χ1) is 9.19. The SMILES string of the molecule is CCCNc1ncc(Br)c(Nc2cccc(Br)c2)n1. The van der Waals surface area contributed by atoms with Crippen LogP contribution in [0.3, 0.4) is 0 Å². The smallest absolute Gasteiger partial charge is 0.224 e. The highest BCUT2D eigenvalue weighted by Gasteiger charge is 2.05. The van der Waals surface area contributed by atoms with E-state index >= 15 is 0 Å². The Bertz CT molecular complexity index is 560. The fourth-order valence-electron chi connectivity index (χ4n) is 1.48. The largest absolute Gasteiger partial charge is 0.354 e. The minimum atomic E-state index is 0.627. The zero-order valence-corrected chi connectivity index (χ0v) is 13.6. The Morgan fingerprint density at radius 2 is 2.11 bits per heavy atom. The topological polar surface area (TPSA) is 49.8 Å². The van der Waals surface area contributed by atoms with Crippen LogP contribution in [-0.4, -0.2) is 16.5 Å². The molecule has 0 saturated carbocycles. The molecule has 4 nitrogen and oxygen atoms in total. The van der Waals surface area contributed by atoms with Crippen LogP contribution in [0.1, 0.15) is 13.3 Å². The first-order valence-electron chi connectivity index (χ1n) is 5.98. The molecule has 1 heterocycles. The van der Waals surface area contributed by atoms with Gasteiger partial charge in [0.25, 0.3) is 0 Å². The lowest BCUT2D eigenvalue weighted by Gasteiger charge is -2.10. The van der Waals surface area contributed by atoms with Gasteiger partial charge in [0.05, 0.1) is 4.47 Å². The molecule has 0 unspecified atom stereocenters. The van der Waals surface area contributed by atoms with Crippen molar-refractivity contribution in [2.75, 3.05) is 17.2 Å². The van der Waals surface area contributed by atoms with Gasteiger partial charge in [0.1, 0.15) is 5.82 Å². The van der Waals surface area contributed by atoms with Gasteiger partial charge in [-0.3, -0.25) is 0 Å². The van der Waals surface area contributed by atoms with Gasteiger partial charge in [-0.05, 0) is 40.5 Å². The van der Waals surface area contributed by atoms with Crippen molar-refractivity contribution in [2.24, 2.45) is 0 Å². The van der Waals surface area contributed by atoms with Gasteiger partial charge in [0.2, 0.25) is 5.95 Å². The molecular weight excluding hydrogens is 372 g/mol. The maximum atomic E-state index is 4.44. The Labute approximate surface area is 129 Å². The molecule has 2 N–H and O–H groups in total. The fourth-order valence-corrected chi connectivity index (χ4v) is 2.17. The van der Waals surface area contributed by atoms with Crippen molar-refractivity contribution in [2.45, 2.75) is 13.3 Å². The zero-order chi connectivity index (χ0) is 13.7. The molecule has 0 aliphatic rings. The third kappa shape index (κ3) is 4.18. The minimum Gasteiger partial charge on any atom is -0.354 e. The van der Waals surface area contributed by atoms with Gasteiger partial charge in [-0.15, -0.1) is 0 Å². The Morgan fingerprint density at radius 1 is 1.26 bits per heavy atom. The molecule has 0 aliphatic carbocycles. The molecular formula is C13H14Br2N4.